The zero-order valence-corrected chi connectivity index (χ0v) is 22.2. The SMILES string of the molecule is CCCCCCCCCCCCCCC(O)CCCC(CC)S(=O)(=O)[O-].[K+]. The van der Waals surface area contributed by atoms with Gasteiger partial charge >= 0.3 is 51.4 Å². The Hall–Kier alpha value is 1.51. The molecule has 2 unspecified atom stereocenters. The van der Waals surface area contributed by atoms with Gasteiger partial charge in [-0.25, -0.2) is 8.42 Å². The van der Waals surface area contributed by atoms with Gasteiger partial charge in [-0.2, -0.15) is 0 Å². The molecule has 0 aromatic carbocycles. The second-order valence-corrected chi connectivity index (χ2v) is 9.44. The van der Waals surface area contributed by atoms with Gasteiger partial charge in [0.15, 0.2) is 0 Å². The standard InChI is InChI=1S/C21H44O4S.K/c1-3-5-6-7-8-9-10-11-12-13-14-15-17-20(22)18-16-19-21(4-2)26(23,24)25;/h20-22H,3-19H2,1-2H3,(H,23,24,25);/q;+1/p-1. The number of unbranched alkanes of at least 4 members (excludes halogenated alkanes) is 11. The van der Waals surface area contributed by atoms with Gasteiger partial charge in [0.25, 0.3) is 0 Å². The Bertz CT molecular complexity index is 401. The molecule has 0 bridgehead atoms. The van der Waals surface area contributed by atoms with E-state index in [2.05, 4.69) is 6.92 Å². The summed E-state index contributed by atoms with van der Waals surface area (Å²) in [4.78, 5) is 0. The summed E-state index contributed by atoms with van der Waals surface area (Å²) in [5.41, 5.74) is 0. The van der Waals surface area contributed by atoms with Crippen molar-refractivity contribution in [1.82, 2.24) is 0 Å². The summed E-state index contributed by atoms with van der Waals surface area (Å²) in [7, 11) is -4.18. The number of aliphatic hydroxyl groups is 1. The summed E-state index contributed by atoms with van der Waals surface area (Å²) in [6.07, 6.45) is 18.1. The first kappa shape index (κ1) is 30.7. The number of hydrogen-bond acceptors (Lipinski definition) is 4. The summed E-state index contributed by atoms with van der Waals surface area (Å²) in [6, 6.07) is 0. The molecule has 1 N–H and O–H groups in total. The van der Waals surface area contributed by atoms with Gasteiger partial charge in [0, 0.05) is 5.25 Å². The average Bonchev–Trinajstić information content (AvgIpc) is 2.58. The van der Waals surface area contributed by atoms with E-state index in [4.69, 9.17) is 0 Å². The molecule has 0 radical (unpaired) electrons. The zero-order chi connectivity index (χ0) is 19.7. The Labute approximate surface area is 211 Å². The van der Waals surface area contributed by atoms with E-state index in [1.165, 1.54) is 70.6 Å². The van der Waals surface area contributed by atoms with Crippen LogP contribution in [0.3, 0.4) is 0 Å². The molecule has 0 aliphatic heterocycles. The second kappa shape index (κ2) is 20.8. The molecule has 0 saturated carbocycles. The Morgan fingerprint density at radius 1 is 0.704 bits per heavy atom. The van der Waals surface area contributed by atoms with Crippen molar-refractivity contribution in [2.75, 3.05) is 0 Å². The summed E-state index contributed by atoms with van der Waals surface area (Å²) >= 11 is 0. The summed E-state index contributed by atoms with van der Waals surface area (Å²) in [6.45, 7) is 3.98. The van der Waals surface area contributed by atoms with Crippen LogP contribution in [0.2, 0.25) is 0 Å². The van der Waals surface area contributed by atoms with Gasteiger partial charge < -0.3 is 9.66 Å². The van der Waals surface area contributed by atoms with Crippen LogP contribution in [0.1, 0.15) is 123 Å². The maximum atomic E-state index is 11.0. The summed E-state index contributed by atoms with van der Waals surface area (Å²) in [5, 5.41) is 9.18. The first-order valence-corrected chi connectivity index (χ1v) is 12.5. The number of hydrogen-bond donors (Lipinski definition) is 1. The van der Waals surface area contributed by atoms with E-state index in [0.717, 1.165) is 12.8 Å². The fourth-order valence-electron chi connectivity index (χ4n) is 3.50. The second-order valence-electron chi connectivity index (χ2n) is 7.79. The van der Waals surface area contributed by atoms with Gasteiger partial charge in [0.1, 0.15) is 0 Å². The van der Waals surface area contributed by atoms with Gasteiger partial charge in [-0.1, -0.05) is 90.9 Å². The van der Waals surface area contributed by atoms with Crippen LogP contribution in [0, 0.1) is 0 Å². The molecule has 6 heteroatoms. The minimum absolute atomic E-state index is 0. The first-order chi connectivity index (χ1) is 12.4. The van der Waals surface area contributed by atoms with E-state index in [1.54, 1.807) is 6.92 Å². The third kappa shape index (κ3) is 20.6. The number of rotatable bonds is 19. The first-order valence-electron chi connectivity index (χ1n) is 11.0. The molecule has 0 aromatic rings. The van der Waals surface area contributed by atoms with Crippen LogP contribution in [-0.4, -0.2) is 29.4 Å². The van der Waals surface area contributed by atoms with Crippen molar-refractivity contribution < 1.29 is 69.5 Å². The smallest absolute Gasteiger partial charge is 0.748 e. The molecule has 0 heterocycles. The van der Waals surface area contributed by atoms with Gasteiger partial charge in [-0.3, -0.25) is 0 Å². The van der Waals surface area contributed by atoms with E-state index < -0.39 is 15.4 Å². The molecule has 158 valence electrons. The van der Waals surface area contributed by atoms with Crippen LogP contribution in [0.5, 0.6) is 0 Å². The van der Waals surface area contributed by atoms with Crippen molar-refractivity contribution in [3.8, 4) is 0 Å². The van der Waals surface area contributed by atoms with Gasteiger partial charge in [-0.05, 0) is 32.1 Å². The van der Waals surface area contributed by atoms with Crippen molar-refractivity contribution in [3.63, 3.8) is 0 Å². The van der Waals surface area contributed by atoms with Gasteiger partial charge in [0.05, 0.1) is 16.2 Å². The predicted octanol–water partition coefficient (Wildman–Crippen LogP) is 2.94. The van der Waals surface area contributed by atoms with E-state index in [-0.39, 0.29) is 57.5 Å². The molecule has 0 rings (SSSR count). The third-order valence-corrected chi connectivity index (χ3v) is 6.70. The van der Waals surface area contributed by atoms with E-state index >= 15 is 0 Å². The third-order valence-electron chi connectivity index (χ3n) is 5.32. The van der Waals surface area contributed by atoms with Crippen molar-refractivity contribution >= 4 is 10.1 Å². The summed E-state index contributed by atoms with van der Waals surface area (Å²) in [5.74, 6) is 0. The average molecular weight is 431 g/mol. The normalized spacial score (nSPS) is 13.9. The van der Waals surface area contributed by atoms with Crippen molar-refractivity contribution in [2.45, 2.75) is 134 Å². The molecule has 0 saturated heterocycles. The van der Waals surface area contributed by atoms with E-state index in [9.17, 15) is 18.1 Å². The molecule has 0 spiro atoms. The van der Waals surface area contributed by atoms with Crippen LogP contribution in [0.4, 0.5) is 0 Å². The molecule has 0 aliphatic carbocycles. The Morgan fingerprint density at radius 3 is 1.52 bits per heavy atom. The molecular weight excluding hydrogens is 387 g/mol. The molecule has 0 fully saturated rings. The quantitative estimate of drug-likeness (QED) is 0.194. The Kier molecular flexibility index (Phi) is 23.6. The maximum Gasteiger partial charge on any atom is 1.00 e. The van der Waals surface area contributed by atoms with Gasteiger partial charge in [0.2, 0.25) is 0 Å². The van der Waals surface area contributed by atoms with Crippen molar-refractivity contribution in [2.24, 2.45) is 0 Å². The van der Waals surface area contributed by atoms with Gasteiger partial charge in [-0.15, -0.1) is 0 Å². The fraction of sp³-hybridized carbons (Fsp3) is 1.00. The van der Waals surface area contributed by atoms with Crippen molar-refractivity contribution in [3.05, 3.63) is 0 Å². The van der Waals surface area contributed by atoms with Crippen LogP contribution in [-0.2, 0) is 10.1 Å². The van der Waals surface area contributed by atoms with Crippen LogP contribution in [0.25, 0.3) is 0 Å². The minimum atomic E-state index is -4.18. The molecular formula is C21H43KO4S. The molecule has 0 aliphatic rings. The molecule has 27 heavy (non-hydrogen) atoms. The molecule has 4 nitrogen and oxygen atoms in total. The fourth-order valence-corrected chi connectivity index (χ4v) is 4.36. The minimum Gasteiger partial charge on any atom is -0.748 e. The van der Waals surface area contributed by atoms with E-state index in [1.807, 2.05) is 0 Å². The molecule has 0 aromatic heterocycles. The zero-order valence-electron chi connectivity index (χ0n) is 18.3. The predicted molar refractivity (Wildman–Crippen MR) is 109 cm³/mol. The van der Waals surface area contributed by atoms with Crippen LogP contribution < -0.4 is 51.4 Å². The maximum absolute atomic E-state index is 11.0. The molecule has 2 atom stereocenters. The largest absolute Gasteiger partial charge is 1.00 e. The molecule has 0 amide bonds. The van der Waals surface area contributed by atoms with Crippen LogP contribution in [0.15, 0.2) is 0 Å². The van der Waals surface area contributed by atoms with E-state index in [0.29, 0.717) is 25.7 Å². The monoisotopic (exact) mass is 430 g/mol. The number of aliphatic hydroxyl groups excluding tert-OH is 1. The topological polar surface area (TPSA) is 77.4 Å². The van der Waals surface area contributed by atoms with Crippen molar-refractivity contribution in [1.29, 1.82) is 0 Å². The Balaban J connectivity index is 0. The van der Waals surface area contributed by atoms with Crippen LogP contribution >= 0.6 is 0 Å². The summed E-state index contributed by atoms with van der Waals surface area (Å²) < 4.78 is 33.1. The Morgan fingerprint density at radius 2 is 1.11 bits per heavy atom.